The number of pyridine rings is 1. The van der Waals surface area contributed by atoms with Crippen LogP contribution in [0, 0.1) is 6.92 Å². The third kappa shape index (κ3) is 1.18. The van der Waals surface area contributed by atoms with Gasteiger partial charge in [-0.1, -0.05) is 12.1 Å². The van der Waals surface area contributed by atoms with Crippen molar-refractivity contribution in [1.82, 2.24) is 4.98 Å². The Morgan fingerprint density at radius 2 is 2.15 bits per heavy atom. The van der Waals surface area contributed by atoms with Gasteiger partial charge in [0.15, 0.2) is 0 Å². The molecular formula is C10H10N2O. The smallest absolute Gasteiger partial charge is 0.141 e. The highest BCUT2D eigenvalue weighted by atomic mass is 16.3. The fourth-order valence-electron chi connectivity index (χ4n) is 1.29. The first-order valence-corrected chi connectivity index (χ1v) is 4.03. The van der Waals surface area contributed by atoms with Gasteiger partial charge in [-0.3, -0.25) is 0 Å². The summed E-state index contributed by atoms with van der Waals surface area (Å²) in [5.41, 5.74) is 7.69. The van der Waals surface area contributed by atoms with Gasteiger partial charge in [0, 0.05) is 5.39 Å². The second-order valence-electron chi connectivity index (χ2n) is 3.01. The van der Waals surface area contributed by atoms with E-state index in [1.54, 1.807) is 12.1 Å². The van der Waals surface area contributed by atoms with E-state index in [0.717, 1.165) is 11.1 Å². The van der Waals surface area contributed by atoms with Gasteiger partial charge < -0.3 is 10.8 Å². The normalized spacial score (nSPS) is 10.5. The van der Waals surface area contributed by atoms with Crippen LogP contribution in [0.25, 0.3) is 10.9 Å². The van der Waals surface area contributed by atoms with Crippen LogP contribution < -0.4 is 5.73 Å². The molecule has 1 aromatic carbocycles. The summed E-state index contributed by atoms with van der Waals surface area (Å²) in [4.78, 5) is 4.20. The summed E-state index contributed by atoms with van der Waals surface area (Å²) in [7, 11) is 0. The molecule has 0 bridgehead atoms. The molecule has 0 radical (unpaired) electrons. The zero-order chi connectivity index (χ0) is 9.42. The summed E-state index contributed by atoms with van der Waals surface area (Å²) in [5.74, 6) is 0.195. The maximum absolute atomic E-state index is 9.48. The Balaban J connectivity index is 2.89. The van der Waals surface area contributed by atoms with Crippen LogP contribution in [-0.4, -0.2) is 10.1 Å². The van der Waals surface area contributed by atoms with E-state index in [1.807, 2.05) is 19.1 Å². The van der Waals surface area contributed by atoms with E-state index in [9.17, 15) is 5.11 Å². The number of anilines is 1. The Hall–Kier alpha value is -1.77. The van der Waals surface area contributed by atoms with Crippen molar-refractivity contribution in [2.24, 2.45) is 0 Å². The van der Waals surface area contributed by atoms with Crippen LogP contribution in [0.2, 0.25) is 0 Å². The van der Waals surface area contributed by atoms with Crippen molar-refractivity contribution in [2.45, 2.75) is 6.92 Å². The van der Waals surface area contributed by atoms with Gasteiger partial charge in [0.2, 0.25) is 0 Å². The first-order chi connectivity index (χ1) is 6.18. The molecule has 1 heterocycles. The molecule has 1 aromatic heterocycles. The van der Waals surface area contributed by atoms with E-state index in [4.69, 9.17) is 5.73 Å². The van der Waals surface area contributed by atoms with Crippen LogP contribution in [0.4, 0.5) is 5.69 Å². The highest BCUT2D eigenvalue weighted by Crippen LogP contribution is 2.24. The van der Waals surface area contributed by atoms with Crippen LogP contribution in [0.1, 0.15) is 5.69 Å². The van der Waals surface area contributed by atoms with Gasteiger partial charge in [-0.2, -0.15) is 0 Å². The van der Waals surface area contributed by atoms with Crippen molar-refractivity contribution in [3.8, 4) is 5.75 Å². The van der Waals surface area contributed by atoms with Crippen molar-refractivity contribution >= 4 is 16.6 Å². The molecule has 0 saturated carbocycles. The zero-order valence-electron chi connectivity index (χ0n) is 7.28. The molecule has 0 atom stereocenters. The van der Waals surface area contributed by atoms with Crippen LogP contribution in [0.5, 0.6) is 5.75 Å². The SMILES string of the molecule is Cc1nc2c(O)cccc2cc1N. The number of para-hydroxylation sites is 1. The molecule has 0 saturated heterocycles. The predicted molar refractivity (Wildman–Crippen MR) is 52.6 cm³/mol. The summed E-state index contributed by atoms with van der Waals surface area (Å²) in [5, 5.41) is 10.3. The molecule has 0 fully saturated rings. The average molecular weight is 174 g/mol. The molecule has 3 N–H and O–H groups in total. The highest BCUT2D eigenvalue weighted by molar-refractivity contribution is 5.86. The van der Waals surface area contributed by atoms with Gasteiger partial charge in [0.25, 0.3) is 0 Å². The van der Waals surface area contributed by atoms with Crippen LogP contribution in [0.3, 0.4) is 0 Å². The number of nitrogens with two attached hydrogens (primary N) is 1. The first kappa shape index (κ1) is 7.86. The second kappa shape index (κ2) is 2.62. The molecule has 0 unspecified atom stereocenters. The van der Waals surface area contributed by atoms with Crippen LogP contribution in [0.15, 0.2) is 24.3 Å². The van der Waals surface area contributed by atoms with Crippen molar-refractivity contribution in [1.29, 1.82) is 0 Å². The maximum atomic E-state index is 9.48. The molecule has 2 rings (SSSR count). The number of aromatic nitrogens is 1. The molecule has 3 heteroatoms. The second-order valence-corrected chi connectivity index (χ2v) is 3.01. The van der Waals surface area contributed by atoms with E-state index in [1.165, 1.54) is 0 Å². The van der Waals surface area contributed by atoms with E-state index < -0.39 is 0 Å². The number of hydrogen-bond donors (Lipinski definition) is 2. The van der Waals surface area contributed by atoms with E-state index in [-0.39, 0.29) is 5.75 Å². The Labute approximate surface area is 75.8 Å². The Morgan fingerprint density at radius 1 is 1.38 bits per heavy atom. The summed E-state index contributed by atoms with van der Waals surface area (Å²) < 4.78 is 0. The number of fused-ring (bicyclic) bond motifs is 1. The van der Waals surface area contributed by atoms with Gasteiger partial charge in [0.05, 0.1) is 11.4 Å². The van der Waals surface area contributed by atoms with Gasteiger partial charge in [-0.05, 0) is 19.1 Å². The largest absolute Gasteiger partial charge is 0.506 e. The third-order valence-electron chi connectivity index (χ3n) is 2.05. The molecule has 3 nitrogen and oxygen atoms in total. The zero-order valence-corrected chi connectivity index (χ0v) is 7.28. The monoisotopic (exact) mass is 174 g/mol. The molecule has 13 heavy (non-hydrogen) atoms. The summed E-state index contributed by atoms with van der Waals surface area (Å²) in [6.45, 7) is 1.82. The van der Waals surface area contributed by atoms with Gasteiger partial charge >= 0.3 is 0 Å². The minimum atomic E-state index is 0.195. The maximum Gasteiger partial charge on any atom is 0.141 e. The predicted octanol–water partition coefficient (Wildman–Crippen LogP) is 1.83. The fraction of sp³-hybridized carbons (Fsp3) is 0.100. The standard InChI is InChI=1S/C10H10N2O/c1-6-8(11)5-7-3-2-4-9(13)10(7)12-6/h2-5,13H,11H2,1H3. The lowest BCUT2D eigenvalue weighted by Crippen LogP contribution is -1.93. The van der Waals surface area contributed by atoms with Crippen molar-refractivity contribution in [3.05, 3.63) is 30.0 Å². The lowest BCUT2D eigenvalue weighted by Gasteiger charge is -2.03. The first-order valence-electron chi connectivity index (χ1n) is 4.03. The van der Waals surface area contributed by atoms with E-state index in [2.05, 4.69) is 4.98 Å². The number of hydrogen-bond acceptors (Lipinski definition) is 3. The van der Waals surface area contributed by atoms with E-state index >= 15 is 0 Å². The molecule has 0 aliphatic rings. The number of nitrogens with zero attached hydrogens (tertiary/aromatic N) is 1. The minimum absolute atomic E-state index is 0.195. The van der Waals surface area contributed by atoms with Crippen molar-refractivity contribution in [2.75, 3.05) is 5.73 Å². The Morgan fingerprint density at radius 3 is 2.92 bits per heavy atom. The lowest BCUT2D eigenvalue weighted by atomic mass is 10.1. The molecule has 0 spiro atoms. The van der Waals surface area contributed by atoms with Gasteiger partial charge in [0.1, 0.15) is 11.3 Å². The molecule has 0 aliphatic carbocycles. The Bertz CT molecular complexity index is 466. The van der Waals surface area contributed by atoms with E-state index in [0.29, 0.717) is 11.2 Å². The Kier molecular flexibility index (Phi) is 1.59. The molecule has 66 valence electrons. The summed E-state index contributed by atoms with van der Waals surface area (Å²) >= 11 is 0. The molecular weight excluding hydrogens is 164 g/mol. The molecule has 2 aromatic rings. The average Bonchev–Trinajstić information content (AvgIpc) is 2.09. The number of aromatic hydroxyl groups is 1. The molecule has 0 aliphatic heterocycles. The van der Waals surface area contributed by atoms with Crippen LogP contribution >= 0.6 is 0 Å². The molecule has 0 amide bonds. The summed E-state index contributed by atoms with van der Waals surface area (Å²) in [6.07, 6.45) is 0. The number of nitrogen functional groups attached to an aromatic ring is 1. The minimum Gasteiger partial charge on any atom is -0.506 e. The van der Waals surface area contributed by atoms with Gasteiger partial charge in [-0.15, -0.1) is 0 Å². The number of phenols is 1. The lowest BCUT2D eigenvalue weighted by molar-refractivity contribution is 0.480. The highest BCUT2D eigenvalue weighted by Gasteiger charge is 2.02. The summed E-state index contributed by atoms with van der Waals surface area (Å²) in [6, 6.07) is 7.08. The van der Waals surface area contributed by atoms with Crippen molar-refractivity contribution in [3.63, 3.8) is 0 Å². The van der Waals surface area contributed by atoms with Crippen LogP contribution in [-0.2, 0) is 0 Å². The number of benzene rings is 1. The fourth-order valence-corrected chi connectivity index (χ4v) is 1.29. The third-order valence-corrected chi connectivity index (χ3v) is 2.05. The number of phenolic OH excluding ortho intramolecular Hbond substituents is 1. The topological polar surface area (TPSA) is 59.1 Å². The van der Waals surface area contributed by atoms with Gasteiger partial charge in [-0.25, -0.2) is 4.98 Å². The quantitative estimate of drug-likeness (QED) is 0.640. The number of aryl methyl sites for hydroxylation is 1. The number of rotatable bonds is 0. The van der Waals surface area contributed by atoms with Crippen molar-refractivity contribution < 1.29 is 5.11 Å².